The largest absolute Gasteiger partial charge is 0.481 e. The number of carboxylic acid groups (broad SMARTS) is 1. The van der Waals surface area contributed by atoms with E-state index in [0.717, 1.165) is 0 Å². The van der Waals surface area contributed by atoms with Crippen LogP contribution < -0.4 is 16.4 Å². The third kappa shape index (κ3) is 5.74. The average molecular weight is 245 g/mol. The van der Waals surface area contributed by atoms with Crippen molar-refractivity contribution in [2.45, 2.75) is 26.8 Å². The summed E-state index contributed by atoms with van der Waals surface area (Å²) in [7, 11) is 0. The molecule has 0 aromatic heterocycles. The smallest absolute Gasteiger partial charge is 0.315 e. The van der Waals surface area contributed by atoms with Crippen LogP contribution in [0.2, 0.25) is 0 Å². The number of aliphatic carboxylic acids is 1. The first-order chi connectivity index (χ1) is 7.75. The van der Waals surface area contributed by atoms with E-state index >= 15 is 0 Å². The Morgan fingerprint density at radius 1 is 1.24 bits per heavy atom. The minimum atomic E-state index is -0.969. The molecule has 98 valence electrons. The van der Waals surface area contributed by atoms with Crippen molar-refractivity contribution in [3.8, 4) is 0 Å². The van der Waals surface area contributed by atoms with Crippen LogP contribution in [-0.4, -0.2) is 35.6 Å². The van der Waals surface area contributed by atoms with E-state index in [1.165, 1.54) is 6.92 Å². The van der Waals surface area contributed by atoms with Gasteiger partial charge in [-0.1, -0.05) is 13.8 Å². The first-order valence-electron chi connectivity index (χ1n) is 5.32. The highest BCUT2D eigenvalue weighted by molar-refractivity contribution is 5.85. The van der Waals surface area contributed by atoms with Gasteiger partial charge in [-0.3, -0.25) is 9.59 Å². The number of rotatable bonds is 6. The minimum absolute atomic E-state index is 0.00428. The molecule has 0 aliphatic heterocycles. The van der Waals surface area contributed by atoms with Gasteiger partial charge in [-0.2, -0.15) is 0 Å². The van der Waals surface area contributed by atoms with Gasteiger partial charge in [0.25, 0.3) is 0 Å². The van der Waals surface area contributed by atoms with Crippen LogP contribution in [0.4, 0.5) is 4.79 Å². The van der Waals surface area contributed by atoms with Crippen LogP contribution in [0.5, 0.6) is 0 Å². The molecular formula is C10H19N3O4. The summed E-state index contributed by atoms with van der Waals surface area (Å²) in [5.74, 6) is -2.38. The summed E-state index contributed by atoms with van der Waals surface area (Å²) in [6, 6.07) is -1.40. The Balaban J connectivity index is 4.14. The molecule has 0 saturated heterocycles. The summed E-state index contributed by atoms with van der Waals surface area (Å²) >= 11 is 0. The Bertz CT molecular complexity index is 304. The molecule has 17 heavy (non-hydrogen) atoms. The first kappa shape index (κ1) is 15.2. The van der Waals surface area contributed by atoms with E-state index < -0.39 is 29.9 Å². The van der Waals surface area contributed by atoms with Crippen LogP contribution in [0.3, 0.4) is 0 Å². The van der Waals surface area contributed by atoms with Crippen molar-refractivity contribution in [3.63, 3.8) is 0 Å². The number of primary amides is 1. The molecule has 0 rings (SSSR count). The van der Waals surface area contributed by atoms with Crippen LogP contribution in [0.15, 0.2) is 0 Å². The lowest BCUT2D eigenvalue weighted by Gasteiger charge is -2.17. The molecule has 0 bridgehead atoms. The van der Waals surface area contributed by atoms with Crippen LogP contribution in [0.25, 0.3) is 0 Å². The lowest BCUT2D eigenvalue weighted by molar-refractivity contribution is -0.143. The predicted molar refractivity (Wildman–Crippen MR) is 61.2 cm³/mol. The molecule has 2 atom stereocenters. The molecule has 0 heterocycles. The first-order valence-corrected chi connectivity index (χ1v) is 5.32. The van der Waals surface area contributed by atoms with Gasteiger partial charge < -0.3 is 21.5 Å². The minimum Gasteiger partial charge on any atom is -0.481 e. The van der Waals surface area contributed by atoms with Gasteiger partial charge in [-0.15, -0.1) is 0 Å². The average Bonchev–Trinajstić information content (AvgIpc) is 2.16. The van der Waals surface area contributed by atoms with Crippen LogP contribution in [-0.2, 0) is 9.59 Å². The highest BCUT2D eigenvalue weighted by atomic mass is 16.4. The summed E-state index contributed by atoms with van der Waals surface area (Å²) < 4.78 is 0. The normalized spacial score (nSPS) is 13.9. The van der Waals surface area contributed by atoms with Gasteiger partial charge in [0, 0.05) is 6.54 Å². The topological polar surface area (TPSA) is 122 Å². The second kappa shape index (κ2) is 6.72. The molecule has 0 aromatic carbocycles. The summed E-state index contributed by atoms with van der Waals surface area (Å²) in [6.45, 7) is 4.96. The summed E-state index contributed by atoms with van der Waals surface area (Å²) in [5.41, 5.74) is 4.96. The lowest BCUT2D eigenvalue weighted by atomic mass is 9.96. The third-order valence-corrected chi connectivity index (χ3v) is 2.38. The van der Waals surface area contributed by atoms with Crippen LogP contribution in [0, 0.1) is 11.8 Å². The third-order valence-electron chi connectivity index (χ3n) is 2.38. The maximum Gasteiger partial charge on any atom is 0.315 e. The number of carboxylic acids is 1. The molecule has 0 spiro atoms. The van der Waals surface area contributed by atoms with Crippen LogP contribution in [0.1, 0.15) is 20.8 Å². The summed E-state index contributed by atoms with van der Waals surface area (Å²) in [4.78, 5) is 32.8. The standard InChI is InChI=1S/C10H19N3O4/c1-5(2)7(9(15)16)4-12-10(17)13-6(3)8(11)14/h5-7H,4H2,1-3H3,(H2,11,14)(H,15,16)(H2,12,13,17). The number of hydrogen-bond donors (Lipinski definition) is 4. The summed E-state index contributed by atoms with van der Waals surface area (Å²) in [6.07, 6.45) is 0. The zero-order valence-corrected chi connectivity index (χ0v) is 10.2. The van der Waals surface area contributed by atoms with Crippen molar-refractivity contribution < 1.29 is 19.5 Å². The molecule has 0 aromatic rings. The van der Waals surface area contributed by atoms with E-state index in [-0.39, 0.29) is 12.5 Å². The highest BCUT2D eigenvalue weighted by Crippen LogP contribution is 2.09. The molecular weight excluding hydrogens is 226 g/mol. The number of amides is 3. The van der Waals surface area contributed by atoms with Crippen molar-refractivity contribution in [2.75, 3.05) is 6.54 Å². The fourth-order valence-corrected chi connectivity index (χ4v) is 1.13. The number of carbonyl (C=O) groups is 3. The monoisotopic (exact) mass is 245 g/mol. The molecule has 0 fully saturated rings. The predicted octanol–water partition coefficient (Wildman–Crippen LogP) is -0.484. The molecule has 7 nitrogen and oxygen atoms in total. The van der Waals surface area contributed by atoms with E-state index in [4.69, 9.17) is 10.8 Å². The fraction of sp³-hybridized carbons (Fsp3) is 0.700. The number of carbonyl (C=O) groups excluding carboxylic acids is 2. The van der Waals surface area contributed by atoms with Gasteiger partial charge in [0.1, 0.15) is 6.04 Å². The molecule has 0 radical (unpaired) electrons. The molecule has 5 N–H and O–H groups in total. The van der Waals surface area contributed by atoms with Gasteiger partial charge in [0.15, 0.2) is 0 Å². The fourth-order valence-electron chi connectivity index (χ4n) is 1.13. The highest BCUT2D eigenvalue weighted by Gasteiger charge is 2.22. The Morgan fingerprint density at radius 2 is 1.76 bits per heavy atom. The van der Waals surface area contributed by atoms with E-state index in [1.54, 1.807) is 13.8 Å². The van der Waals surface area contributed by atoms with Crippen molar-refractivity contribution in [1.29, 1.82) is 0 Å². The Hall–Kier alpha value is -1.79. The molecule has 0 aliphatic rings. The molecule has 0 aliphatic carbocycles. The van der Waals surface area contributed by atoms with Gasteiger partial charge >= 0.3 is 12.0 Å². The van der Waals surface area contributed by atoms with Gasteiger partial charge in [0.2, 0.25) is 5.91 Å². The molecule has 7 heteroatoms. The Labute approximate surface area is 99.7 Å². The number of nitrogens with one attached hydrogen (secondary N) is 2. The quantitative estimate of drug-likeness (QED) is 0.504. The van der Waals surface area contributed by atoms with Crippen molar-refractivity contribution in [2.24, 2.45) is 17.6 Å². The second-order valence-corrected chi connectivity index (χ2v) is 4.17. The maximum absolute atomic E-state index is 11.3. The second-order valence-electron chi connectivity index (χ2n) is 4.17. The van der Waals surface area contributed by atoms with Crippen molar-refractivity contribution >= 4 is 17.9 Å². The van der Waals surface area contributed by atoms with E-state index in [2.05, 4.69) is 10.6 Å². The molecule has 2 unspecified atom stereocenters. The van der Waals surface area contributed by atoms with Gasteiger partial charge in [-0.25, -0.2) is 4.79 Å². The molecule has 0 saturated carbocycles. The maximum atomic E-state index is 11.3. The van der Waals surface area contributed by atoms with E-state index in [9.17, 15) is 14.4 Å². The number of urea groups is 1. The Morgan fingerprint density at radius 3 is 2.12 bits per heavy atom. The van der Waals surface area contributed by atoms with E-state index in [0.29, 0.717) is 0 Å². The zero-order chi connectivity index (χ0) is 13.6. The van der Waals surface area contributed by atoms with Gasteiger partial charge in [0.05, 0.1) is 5.92 Å². The van der Waals surface area contributed by atoms with Crippen LogP contribution >= 0.6 is 0 Å². The number of nitrogens with two attached hydrogens (primary N) is 1. The summed E-state index contributed by atoms with van der Waals surface area (Å²) in [5, 5.41) is 13.6. The zero-order valence-electron chi connectivity index (χ0n) is 10.2. The lowest BCUT2D eigenvalue weighted by Crippen LogP contribution is -2.48. The molecule has 3 amide bonds. The Kier molecular flexibility index (Phi) is 6.01. The SMILES string of the molecule is CC(NC(=O)NCC(C(=O)O)C(C)C)C(N)=O. The van der Waals surface area contributed by atoms with Gasteiger partial charge in [-0.05, 0) is 12.8 Å². The van der Waals surface area contributed by atoms with Crippen molar-refractivity contribution in [1.82, 2.24) is 10.6 Å². The van der Waals surface area contributed by atoms with Crippen molar-refractivity contribution in [3.05, 3.63) is 0 Å². The van der Waals surface area contributed by atoms with E-state index in [1.807, 2.05) is 0 Å². The number of hydrogen-bond acceptors (Lipinski definition) is 3.